The van der Waals surface area contributed by atoms with Crippen LogP contribution in [0.25, 0.3) is 0 Å². The van der Waals surface area contributed by atoms with Crippen LogP contribution < -0.4 is 0 Å². The molecule has 3 N–H and O–H groups in total. The predicted octanol–water partition coefficient (Wildman–Crippen LogP) is 15.6. The summed E-state index contributed by atoms with van der Waals surface area (Å²) in [5.74, 6) is -0.0180. The maximum atomic E-state index is 12.9. The number of rotatable bonds is 57. The SMILES string of the molecule is CCCCCCCC(=O)OC[C@H](COP(=O)(O)OC[C@H](O)COP(=O)(O)OC[C@@H](COC(=O)CCCCCCCCCC(C)C)OC(=O)CCCCCCCCCCCCCC(C)C)OC(=O)CCCCCCCCC(C)C. The molecule has 17 nitrogen and oxygen atoms in total. The first kappa shape index (κ1) is 76.1. The molecule has 0 aromatic carbocycles. The first-order chi connectivity index (χ1) is 37.2. The summed E-state index contributed by atoms with van der Waals surface area (Å²) in [6.45, 7) is 11.5. The highest BCUT2D eigenvalue weighted by molar-refractivity contribution is 7.47. The normalized spacial score (nSPS) is 14.5. The number of ether oxygens (including phenoxy) is 4. The van der Waals surface area contributed by atoms with Gasteiger partial charge in [0.05, 0.1) is 26.4 Å². The minimum absolute atomic E-state index is 0.101. The largest absolute Gasteiger partial charge is 0.472 e. The first-order valence-electron chi connectivity index (χ1n) is 30.8. The van der Waals surface area contributed by atoms with Crippen molar-refractivity contribution in [2.75, 3.05) is 39.6 Å². The second-order valence-electron chi connectivity index (χ2n) is 22.8. The fraction of sp³-hybridized carbons (Fsp3) is 0.932. The van der Waals surface area contributed by atoms with E-state index in [0.717, 1.165) is 109 Å². The van der Waals surface area contributed by atoms with Crippen molar-refractivity contribution in [2.45, 2.75) is 298 Å². The third kappa shape index (κ3) is 53.4. The molecule has 78 heavy (non-hydrogen) atoms. The molecular weight excluding hydrogens is 1040 g/mol. The standard InChI is InChI=1S/C59H114O17P2/c1-8-9-10-23-33-40-56(61)69-46-54(76-59(64)43-36-29-22-21-26-32-39-52(6)7)48-73-77(65,66)71-44-53(60)45-72-78(67,68)74-49-55(47-70-57(62)41-34-27-20-16-18-25-31-38-51(4)5)75-58(63)42-35-28-19-15-13-11-12-14-17-24-30-37-50(2)3/h50-55,60H,8-49H2,1-7H3,(H,65,66)(H,67,68)/t53-,54+,55+/m0/s1. The lowest BCUT2D eigenvalue weighted by molar-refractivity contribution is -0.161. The van der Waals surface area contributed by atoms with E-state index in [1.807, 2.05) is 0 Å². The number of carbonyl (C=O) groups excluding carboxylic acids is 4. The van der Waals surface area contributed by atoms with Crippen molar-refractivity contribution < 1.29 is 80.2 Å². The fourth-order valence-electron chi connectivity index (χ4n) is 8.60. The lowest BCUT2D eigenvalue weighted by atomic mass is 10.0. The molecule has 0 rings (SSSR count). The minimum Gasteiger partial charge on any atom is -0.462 e. The smallest absolute Gasteiger partial charge is 0.462 e. The Morgan fingerprint density at radius 2 is 0.590 bits per heavy atom. The molecule has 2 unspecified atom stereocenters. The number of aliphatic hydroxyl groups excluding tert-OH is 1. The molecule has 19 heteroatoms. The van der Waals surface area contributed by atoms with Crippen molar-refractivity contribution in [1.29, 1.82) is 0 Å². The molecule has 0 aliphatic heterocycles. The van der Waals surface area contributed by atoms with E-state index >= 15 is 0 Å². The average Bonchev–Trinajstić information content (AvgIpc) is 3.38. The van der Waals surface area contributed by atoms with Gasteiger partial charge in [-0.1, -0.05) is 228 Å². The van der Waals surface area contributed by atoms with Gasteiger partial charge in [0.15, 0.2) is 12.2 Å². The molecular formula is C59H114O17P2. The maximum absolute atomic E-state index is 12.9. The lowest BCUT2D eigenvalue weighted by Crippen LogP contribution is -2.30. The average molecular weight is 1160 g/mol. The van der Waals surface area contributed by atoms with E-state index in [1.54, 1.807) is 0 Å². The molecule has 0 spiro atoms. The van der Waals surface area contributed by atoms with Gasteiger partial charge in [-0.15, -0.1) is 0 Å². The summed E-state index contributed by atoms with van der Waals surface area (Å²) >= 11 is 0. The van der Waals surface area contributed by atoms with E-state index in [1.165, 1.54) is 77.0 Å². The number of aliphatic hydroxyl groups is 1. The van der Waals surface area contributed by atoms with Gasteiger partial charge in [-0.3, -0.25) is 37.3 Å². The summed E-state index contributed by atoms with van der Waals surface area (Å²) in [7, 11) is -9.87. The van der Waals surface area contributed by atoms with Crippen LogP contribution in [0, 0.1) is 17.8 Å². The van der Waals surface area contributed by atoms with E-state index in [4.69, 9.17) is 37.0 Å². The monoisotopic (exact) mass is 1160 g/mol. The van der Waals surface area contributed by atoms with E-state index in [0.29, 0.717) is 37.5 Å². The maximum Gasteiger partial charge on any atom is 0.472 e. The van der Waals surface area contributed by atoms with Crippen molar-refractivity contribution in [3.63, 3.8) is 0 Å². The molecule has 0 aliphatic carbocycles. The van der Waals surface area contributed by atoms with E-state index < -0.39 is 97.5 Å². The first-order valence-corrected chi connectivity index (χ1v) is 33.8. The summed E-state index contributed by atoms with van der Waals surface area (Å²) < 4.78 is 67.5. The zero-order valence-corrected chi connectivity index (χ0v) is 51.9. The second kappa shape index (κ2) is 50.8. The minimum atomic E-state index is -4.94. The van der Waals surface area contributed by atoms with Crippen LogP contribution in [0.15, 0.2) is 0 Å². The van der Waals surface area contributed by atoms with E-state index in [-0.39, 0.29) is 25.7 Å². The lowest BCUT2D eigenvalue weighted by Gasteiger charge is -2.21. The van der Waals surface area contributed by atoms with Crippen molar-refractivity contribution in [1.82, 2.24) is 0 Å². The second-order valence-corrected chi connectivity index (χ2v) is 25.7. The van der Waals surface area contributed by atoms with Gasteiger partial charge < -0.3 is 33.8 Å². The van der Waals surface area contributed by atoms with Gasteiger partial charge in [0.2, 0.25) is 0 Å². The Morgan fingerprint density at radius 3 is 0.872 bits per heavy atom. The molecule has 0 bridgehead atoms. The highest BCUT2D eigenvalue weighted by Gasteiger charge is 2.30. The van der Waals surface area contributed by atoms with Gasteiger partial charge in [0.25, 0.3) is 0 Å². The van der Waals surface area contributed by atoms with Crippen LogP contribution in [0.2, 0.25) is 0 Å². The third-order valence-corrected chi connectivity index (χ3v) is 15.3. The Bertz CT molecular complexity index is 1560. The van der Waals surface area contributed by atoms with Crippen LogP contribution >= 0.6 is 15.6 Å². The molecule has 0 fully saturated rings. The fourth-order valence-corrected chi connectivity index (χ4v) is 10.2. The molecule has 0 aromatic heterocycles. The Morgan fingerprint density at radius 1 is 0.346 bits per heavy atom. The summed E-state index contributed by atoms with van der Waals surface area (Å²) in [6, 6.07) is 0. The zero-order valence-electron chi connectivity index (χ0n) is 50.1. The van der Waals surface area contributed by atoms with Crippen molar-refractivity contribution >= 4 is 39.5 Å². The number of hydrogen-bond acceptors (Lipinski definition) is 15. The summed E-state index contributed by atoms with van der Waals surface area (Å²) in [5.41, 5.74) is 0. The number of phosphoric acid groups is 2. The number of phosphoric ester groups is 2. The molecule has 0 saturated carbocycles. The van der Waals surface area contributed by atoms with Gasteiger partial charge in [-0.05, 0) is 43.4 Å². The van der Waals surface area contributed by atoms with E-state index in [2.05, 4.69) is 48.5 Å². The van der Waals surface area contributed by atoms with Gasteiger partial charge in [-0.2, -0.15) is 0 Å². The number of hydrogen-bond donors (Lipinski definition) is 3. The Kier molecular flexibility index (Phi) is 49.5. The topological polar surface area (TPSA) is 237 Å². The molecule has 0 radical (unpaired) electrons. The quantitative estimate of drug-likeness (QED) is 0.0222. The van der Waals surface area contributed by atoms with Gasteiger partial charge in [0, 0.05) is 25.7 Å². The van der Waals surface area contributed by atoms with Crippen LogP contribution in [0.3, 0.4) is 0 Å². The predicted molar refractivity (Wildman–Crippen MR) is 308 cm³/mol. The summed E-state index contributed by atoms with van der Waals surface area (Å²) in [4.78, 5) is 71.7. The highest BCUT2D eigenvalue weighted by atomic mass is 31.2. The van der Waals surface area contributed by atoms with Gasteiger partial charge >= 0.3 is 39.5 Å². The van der Waals surface area contributed by atoms with Crippen LogP contribution in [0.1, 0.15) is 280 Å². The molecule has 0 aromatic rings. The number of carbonyl (C=O) groups is 4. The van der Waals surface area contributed by atoms with Crippen LogP contribution in [-0.2, 0) is 65.4 Å². The highest BCUT2D eigenvalue weighted by Crippen LogP contribution is 2.45. The Hall–Kier alpha value is -1.94. The van der Waals surface area contributed by atoms with Crippen LogP contribution in [0.4, 0.5) is 0 Å². The van der Waals surface area contributed by atoms with E-state index in [9.17, 15) is 43.2 Å². The molecule has 0 aliphatic rings. The molecule has 0 heterocycles. The van der Waals surface area contributed by atoms with Crippen molar-refractivity contribution in [2.24, 2.45) is 17.8 Å². The number of esters is 4. The van der Waals surface area contributed by atoms with Gasteiger partial charge in [-0.25, -0.2) is 9.13 Å². The van der Waals surface area contributed by atoms with Crippen LogP contribution in [0.5, 0.6) is 0 Å². The number of unbranched alkanes of at least 4 members (excludes halogenated alkanes) is 25. The summed E-state index contributed by atoms with van der Waals surface area (Å²) in [6.07, 6.45) is 30.0. The Balaban J connectivity index is 5.18. The van der Waals surface area contributed by atoms with Crippen LogP contribution in [-0.4, -0.2) is 96.7 Å². The molecule has 462 valence electrons. The van der Waals surface area contributed by atoms with Gasteiger partial charge in [0.1, 0.15) is 19.3 Å². The molecule has 0 saturated heterocycles. The molecule has 0 amide bonds. The van der Waals surface area contributed by atoms with Crippen molar-refractivity contribution in [3.8, 4) is 0 Å². The Labute approximate surface area is 473 Å². The zero-order chi connectivity index (χ0) is 58.1. The molecule has 5 atom stereocenters. The van der Waals surface area contributed by atoms with Crippen molar-refractivity contribution in [3.05, 3.63) is 0 Å². The third-order valence-electron chi connectivity index (χ3n) is 13.4. The summed E-state index contributed by atoms with van der Waals surface area (Å²) in [5, 5.41) is 10.5.